The lowest BCUT2D eigenvalue weighted by Gasteiger charge is -2.05. The van der Waals surface area contributed by atoms with Crippen LogP contribution in [0.3, 0.4) is 0 Å². The normalized spacial score (nSPS) is 10.9. The smallest absolute Gasteiger partial charge is 0.358 e. The van der Waals surface area contributed by atoms with Gasteiger partial charge in [-0.15, -0.1) is 0 Å². The minimum Gasteiger partial charge on any atom is -0.358 e. The van der Waals surface area contributed by atoms with Gasteiger partial charge in [-0.3, -0.25) is 4.79 Å². The number of carbonyl (C=O) groups is 1. The van der Waals surface area contributed by atoms with Crippen LogP contribution in [0.25, 0.3) is 0 Å². The van der Waals surface area contributed by atoms with E-state index in [-0.39, 0.29) is 18.1 Å². The molecule has 0 aliphatic carbocycles. The summed E-state index contributed by atoms with van der Waals surface area (Å²) in [6, 6.07) is 1.85. The first-order valence-electron chi connectivity index (χ1n) is 6.73. The van der Waals surface area contributed by atoms with Crippen molar-refractivity contribution in [1.29, 1.82) is 0 Å². The summed E-state index contributed by atoms with van der Waals surface area (Å²) < 4.78 is 3.39. The second-order valence-corrected chi connectivity index (χ2v) is 5.04. The predicted molar refractivity (Wildman–Crippen MR) is 77.5 cm³/mol. The maximum atomic E-state index is 12.4. The van der Waals surface area contributed by atoms with E-state index >= 15 is 0 Å². The molecule has 0 radical (unpaired) electrons. The maximum absolute atomic E-state index is 12.4. The monoisotopic (exact) mass is 290 g/mol. The fourth-order valence-corrected chi connectivity index (χ4v) is 2.57. The summed E-state index contributed by atoms with van der Waals surface area (Å²) >= 11 is 0. The second-order valence-electron chi connectivity index (χ2n) is 5.04. The Hall–Kier alpha value is -2.44. The molecule has 21 heavy (non-hydrogen) atoms. The molecule has 2 aromatic rings. The number of hydrogen-bond acceptors (Lipinski definition) is 4. The molecule has 0 atom stereocenters. The number of aryl methyl sites for hydroxylation is 2. The summed E-state index contributed by atoms with van der Waals surface area (Å²) in [4.78, 5) is 22.6. The summed E-state index contributed by atoms with van der Waals surface area (Å²) in [5, 5.41) is 14.6. The fourth-order valence-electron chi connectivity index (χ4n) is 2.57. The van der Waals surface area contributed by atoms with Crippen molar-refractivity contribution >= 4 is 11.6 Å². The van der Waals surface area contributed by atoms with Gasteiger partial charge in [0.05, 0.1) is 16.9 Å². The number of rotatable bonds is 5. The van der Waals surface area contributed by atoms with E-state index in [0.29, 0.717) is 11.1 Å². The third kappa shape index (κ3) is 2.72. The minimum absolute atomic E-state index is 0.00267. The number of ketones is 1. The maximum Gasteiger partial charge on any atom is 0.392 e. The molecule has 0 bridgehead atoms. The molecule has 0 amide bonds. The third-order valence-electron chi connectivity index (χ3n) is 3.59. The highest BCUT2D eigenvalue weighted by molar-refractivity contribution is 5.97. The van der Waals surface area contributed by atoms with E-state index < -0.39 is 4.92 Å². The van der Waals surface area contributed by atoms with Gasteiger partial charge in [0.15, 0.2) is 5.78 Å². The molecule has 0 fully saturated rings. The van der Waals surface area contributed by atoms with E-state index in [1.165, 1.54) is 10.9 Å². The van der Waals surface area contributed by atoms with Crippen LogP contribution in [0.1, 0.15) is 34.2 Å². The van der Waals surface area contributed by atoms with Crippen LogP contribution >= 0.6 is 0 Å². The lowest BCUT2D eigenvalue weighted by atomic mass is 10.1. The molecular weight excluding hydrogens is 272 g/mol. The van der Waals surface area contributed by atoms with E-state index in [9.17, 15) is 14.9 Å². The van der Waals surface area contributed by atoms with Gasteiger partial charge in [-0.05, 0) is 38.7 Å². The summed E-state index contributed by atoms with van der Waals surface area (Å²) in [6.07, 6.45) is 1.52. The lowest BCUT2D eigenvalue weighted by molar-refractivity contribution is -0.390. The molecule has 0 aliphatic rings. The quantitative estimate of drug-likeness (QED) is 0.481. The average Bonchev–Trinajstić information content (AvgIpc) is 2.90. The largest absolute Gasteiger partial charge is 0.392 e. The standard InChI is InChI=1S/C14H18N4O3/c1-5-17-10(3)6-12(11(17)4)13(19)8-16-7-9(2)14(15-16)18(20)21/h6-7H,5,8H2,1-4H3. The number of carbonyl (C=O) groups excluding carboxylic acids is 1. The molecule has 0 aliphatic heterocycles. The first kappa shape index (κ1) is 15.0. The van der Waals surface area contributed by atoms with Crippen LogP contribution in [0.5, 0.6) is 0 Å². The van der Waals surface area contributed by atoms with Gasteiger partial charge in [-0.1, -0.05) is 0 Å². The zero-order valence-electron chi connectivity index (χ0n) is 12.6. The molecule has 0 unspecified atom stereocenters. The van der Waals surface area contributed by atoms with Crippen LogP contribution in [0, 0.1) is 30.9 Å². The van der Waals surface area contributed by atoms with E-state index in [1.54, 1.807) is 6.92 Å². The Morgan fingerprint density at radius 2 is 2.05 bits per heavy atom. The Labute approximate surface area is 122 Å². The Kier molecular flexibility index (Phi) is 3.93. The number of nitro groups is 1. The summed E-state index contributed by atoms with van der Waals surface area (Å²) in [6.45, 7) is 8.29. The van der Waals surface area contributed by atoms with Crippen molar-refractivity contribution < 1.29 is 9.72 Å². The van der Waals surface area contributed by atoms with Crippen molar-refractivity contribution in [2.45, 2.75) is 40.8 Å². The van der Waals surface area contributed by atoms with Gasteiger partial charge in [0, 0.05) is 23.5 Å². The van der Waals surface area contributed by atoms with Crippen LogP contribution in [0.15, 0.2) is 12.3 Å². The third-order valence-corrected chi connectivity index (χ3v) is 3.59. The molecule has 2 heterocycles. The fraction of sp³-hybridized carbons (Fsp3) is 0.429. The summed E-state index contributed by atoms with van der Waals surface area (Å²) in [5.74, 6) is -0.304. The topological polar surface area (TPSA) is 83.0 Å². The zero-order valence-corrected chi connectivity index (χ0v) is 12.6. The predicted octanol–water partition coefficient (Wildman–Crippen LogP) is 2.42. The zero-order chi connectivity index (χ0) is 15.7. The average molecular weight is 290 g/mol. The molecular formula is C14H18N4O3. The van der Waals surface area contributed by atoms with Crippen molar-refractivity contribution in [2.75, 3.05) is 0 Å². The van der Waals surface area contributed by atoms with Gasteiger partial charge in [0.2, 0.25) is 0 Å². The van der Waals surface area contributed by atoms with Crippen LogP contribution in [0.4, 0.5) is 5.82 Å². The molecule has 2 aromatic heterocycles. The Morgan fingerprint density at radius 3 is 2.52 bits per heavy atom. The molecule has 0 saturated carbocycles. The van der Waals surface area contributed by atoms with Crippen molar-refractivity contribution in [3.63, 3.8) is 0 Å². The summed E-state index contributed by atoms with van der Waals surface area (Å²) in [5.41, 5.74) is 3.04. The minimum atomic E-state index is -0.542. The molecule has 0 spiro atoms. The lowest BCUT2D eigenvalue weighted by Crippen LogP contribution is -2.12. The van der Waals surface area contributed by atoms with Crippen LogP contribution < -0.4 is 0 Å². The first-order valence-corrected chi connectivity index (χ1v) is 6.73. The molecule has 0 N–H and O–H groups in total. The van der Waals surface area contributed by atoms with Gasteiger partial charge in [-0.2, -0.15) is 4.68 Å². The van der Waals surface area contributed by atoms with Crippen LogP contribution in [0.2, 0.25) is 0 Å². The van der Waals surface area contributed by atoms with E-state index in [1.807, 2.05) is 26.8 Å². The van der Waals surface area contributed by atoms with E-state index in [4.69, 9.17) is 0 Å². The Bertz CT molecular complexity index is 712. The highest BCUT2D eigenvalue weighted by Gasteiger charge is 2.21. The van der Waals surface area contributed by atoms with E-state index in [0.717, 1.165) is 17.9 Å². The Balaban J connectivity index is 2.26. The second kappa shape index (κ2) is 5.51. The van der Waals surface area contributed by atoms with Crippen molar-refractivity contribution in [3.8, 4) is 0 Å². The molecule has 112 valence electrons. The van der Waals surface area contributed by atoms with Gasteiger partial charge in [0.1, 0.15) is 6.54 Å². The van der Waals surface area contributed by atoms with Gasteiger partial charge in [0.25, 0.3) is 0 Å². The molecule has 7 nitrogen and oxygen atoms in total. The SMILES string of the molecule is CCn1c(C)cc(C(=O)Cn2cc(C)c([N+](=O)[O-])n2)c1C. The number of Topliss-reactive ketones (excluding diaryl/α,β-unsaturated/α-hetero) is 1. The molecule has 0 saturated heterocycles. The number of nitrogens with zero attached hydrogens (tertiary/aromatic N) is 4. The highest BCUT2D eigenvalue weighted by Crippen LogP contribution is 2.18. The summed E-state index contributed by atoms with van der Waals surface area (Å²) in [7, 11) is 0. The first-order chi connectivity index (χ1) is 9.85. The van der Waals surface area contributed by atoms with Crippen molar-refractivity contribution in [1.82, 2.24) is 14.3 Å². The number of hydrogen-bond donors (Lipinski definition) is 0. The van der Waals surface area contributed by atoms with Gasteiger partial charge in [-0.25, -0.2) is 0 Å². The molecule has 0 aromatic carbocycles. The molecule has 7 heteroatoms. The number of aromatic nitrogens is 3. The molecule has 2 rings (SSSR count). The van der Waals surface area contributed by atoms with E-state index in [2.05, 4.69) is 9.67 Å². The van der Waals surface area contributed by atoms with Crippen molar-refractivity contribution in [3.05, 3.63) is 44.9 Å². The van der Waals surface area contributed by atoms with Crippen LogP contribution in [-0.2, 0) is 13.1 Å². The van der Waals surface area contributed by atoms with Crippen LogP contribution in [-0.4, -0.2) is 25.1 Å². The van der Waals surface area contributed by atoms with Gasteiger partial charge >= 0.3 is 5.82 Å². The van der Waals surface area contributed by atoms with Crippen molar-refractivity contribution in [2.24, 2.45) is 0 Å². The Morgan fingerprint density at radius 1 is 1.38 bits per heavy atom. The van der Waals surface area contributed by atoms with Gasteiger partial charge < -0.3 is 14.7 Å². The highest BCUT2D eigenvalue weighted by atomic mass is 16.6.